The molecule has 0 spiro atoms. The summed E-state index contributed by atoms with van der Waals surface area (Å²) >= 11 is 0. The summed E-state index contributed by atoms with van der Waals surface area (Å²) in [5.74, 6) is 1.43. The van der Waals surface area contributed by atoms with Gasteiger partial charge in [0.2, 0.25) is 0 Å². The van der Waals surface area contributed by atoms with Crippen LogP contribution in [0.25, 0.3) is 44.2 Å². The van der Waals surface area contributed by atoms with Crippen molar-refractivity contribution in [3.8, 4) is 22.3 Å². The zero-order valence-corrected chi connectivity index (χ0v) is 30.5. The fourth-order valence-corrected chi connectivity index (χ4v) is 7.63. The zero-order valence-electron chi connectivity index (χ0n) is 30.5. The largest absolute Gasteiger partial charge is 0.455 e. The third-order valence-electron chi connectivity index (χ3n) is 10.3. The van der Waals surface area contributed by atoms with Gasteiger partial charge in [0.25, 0.3) is 0 Å². The van der Waals surface area contributed by atoms with E-state index in [1.807, 2.05) is 54.6 Å². The topological polar surface area (TPSA) is 53.1 Å². The van der Waals surface area contributed by atoms with E-state index in [2.05, 4.69) is 162 Å². The van der Waals surface area contributed by atoms with Gasteiger partial charge in [-0.25, -0.2) is 9.98 Å². The van der Waals surface area contributed by atoms with E-state index in [9.17, 15) is 0 Å². The van der Waals surface area contributed by atoms with E-state index < -0.39 is 0 Å². The molecule has 0 saturated carbocycles. The summed E-state index contributed by atoms with van der Waals surface area (Å²) in [6.07, 6.45) is -0.311. The van der Waals surface area contributed by atoms with Crippen LogP contribution in [0.2, 0.25) is 0 Å². The molecule has 266 valence electrons. The van der Waals surface area contributed by atoms with Crippen LogP contribution in [0.5, 0.6) is 0 Å². The van der Waals surface area contributed by atoms with Crippen LogP contribution in [0.15, 0.2) is 221 Å². The van der Waals surface area contributed by atoms with Crippen LogP contribution < -0.4 is 10.2 Å². The molecule has 1 N–H and O–H groups in total. The number of para-hydroxylation sites is 2. The Morgan fingerprint density at radius 3 is 1.79 bits per heavy atom. The number of amidine groups is 2. The van der Waals surface area contributed by atoms with Crippen molar-refractivity contribution < 1.29 is 4.42 Å². The molecule has 0 aliphatic carbocycles. The van der Waals surface area contributed by atoms with E-state index in [4.69, 9.17) is 14.4 Å². The Bertz CT molecular complexity index is 2870. The summed E-state index contributed by atoms with van der Waals surface area (Å²) in [7, 11) is 0. The predicted octanol–water partition coefficient (Wildman–Crippen LogP) is 12.9. The lowest BCUT2D eigenvalue weighted by atomic mass is 9.97. The molecule has 0 fully saturated rings. The summed E-state index contributed by atoms with van der Waals surface area (Å²) in [6, 6.07) is 71.6. The highest BCUT2D eigenvalue weighted by Crippen LogP contribution is 2.42. The Morgan fingerprint density at radius 2 is 1.04 bits per heavy atom. The molecule has 0 radical (unpaired) electrons. The molecule has 2 heterocycles. The molecule has 0 amide bonds. The minimum Gasteiger partial charge on any atom is -0.455 e. The molecule has 5 heteroatoms. The van der Waals surface area contributed by atoms with Crippen molar-refractivity contribution in [1.82, 2.24) is 5.32 Å². The van der Waals surface area contributed by atoms with E-state index in [1.165, 1.54) is 11.1 Å². The van der Waals surface area contributed by atoms with Crippen molar-refractivity contribution in [2.45, 2.75) is 6.17 Å². The third-order valence-corrected chi connectivity index (χ3v) is 10.3. The lowest BCUT2D eigenvalue weighted by Gasteiger charge is -2.26. The maximum atomic E-state index is 6.78. The second-order valence-electron chi connectivity index (χ2n) is 13.8. The SMILES string of the molecule is c1ccc(C2=NC(c3ccc(-c4cccc(N(c5ccccc5)c5ccc(-c6ccccc6)cc5)c4)c4oc5ccccc5c34)=NC(c3ccccc3)N2)cc1. The molecule has 9 aromatic rings. The van der Waals surface area contributed by atoms with Gasteiger partial charge in [0.05, 0.1) is 0 Å². The average molecular weight is 721 g/mol. The fraction of sp³-hybridized carbons (Fsp3) is 0.0196. The number of hydrogen-bond acceptors (Lipinski definition) is 5. The van der Waals surface area contributed by atoms with Gasteiger partial charge in [-0.2, -0.15) is 0 Å². The molecule has 10 rings (SSSR count). The summed E-state index contributed by atoms with van der Waals surface area (Å²) in [5, 5.41) is 5.60. The lowest BCUT2D eigenvalue weighted by molar-refractivity contribution is 0.669. The highest BCUT2D eigenvalue weighted by Gasteiger charge is 2.25. The molecule has 0 bridgehead atoms. The van der Waals surface area contributed by atoms with Gasteiger partial charge >= 0.3 is 0 Å². The highest BCUT2D eigenvalue weighted by molar-refractivity contribution is 6.23. The molecule has 1 atom stereocenters. The molecule has 5 nitrogen and oxygen atoms in total. The Hall–Kier alpha value is -7.50. The van der Waals surface area contributed by atoms with Crippen LogP contribution in [-0.2, 0) is 0 Å². The van der Waals surface area contributed by atoms with E-state index in [-0.39, 0.29) is 6.17 Å². The number of benzene rings is 8. The smallest absolute Gasteiger partial charge is 0.160 e. The summed E-state index contributed by atoms with van der Waals surface area (Å²) in [5.41, 5.74) is 12.2. The van der Waals surface area contributed by atoms with Gasteiger partial charge in [-0.15, -0.1) is 0 Å². The van der Waals surface area contributed by atoms with Gasteiger partial charge in [0.15, 0.2) is 5.84 Å². The van der Waals surface area contributed by atoms with Crippen LogP contribution in [-0.4, -0.2) is 11.7 Å². The number of nitrogens with one attached hydrogen (secondary N) is 1. The van der Waals surface area contributed by atoms with Crippen molar-refractivity contribution in [3.05, 3.63) is 223 Å². The van der Waals surface area contributed by atoms with Gasteiger partial charge in [-0.05, 0) is 76.9 Å². The fourth-order valence-electron chi connectivity index (χ4n) is 7.63. The molecule has 0 saturated heterocycles. The highest BCUT2D eigenvalue weighted by atomic mass is 16.3. The molecular formula is C51H36N4O. The Balaban J connectivity index is 1.11. The Labute approximate surface area is 325 Å². The van der Waals surface area contributed by atoms with Gasteiger partial charge in [-0.3, -0.25) is 0 Å². The summed E-state index contributed by atoms with van der Waals surface area (Å²) in [4.78, 5) is 12.7. The number of fused-ring (bicyclic) bond motifs is 3. The standard InChI is InChI=1S/C51H36N4O/c1-5-16-35(17-6-1)36-28-30-41(31-29-36)55(40-23-11-4-12-24-40)42-25-15-22-39(34-42)43-32-33-45(47-44-26-13-14-27-46(44)56-48(43)47)51-53-49(37-18-7-2-8-19-37)52-50(54-51)38-20-9-3-10-21-38/h1-34,49H,(H,52,53,54). The predicted molar refractivity (Wildman–Crippen MR) is 231 cm³/mol. The monoisotopic (exact) mass is 720 g/mol. The van der Waals surface area contributed by atoms with E-state index in [0.29, 0.717) is 5.84 Å². The molecule has 1 aromatic heterocycles. The van der Waals surface area contributed by atoms with Crippen molar-refractivity contribution in [3.63, 3.8) is 0 Å². The first-order chi connectivity index (χ1) is 27.8. The van der Waals surface area contributed by atoms with Gasteiger partial charge < -0.3 is 14.6 Å². The van der Waals surface area contributed by atoms with Gasteiger partial charge in [-0.1, -0.05) is 152 Å². The van der Waals surface area contributed by atoms with Crippen molar-refractivity contribution >= 4 is 50.7 Å². The van der Waals surface area contributed by atoms with E-state index >= 15 is 0 Å². The Kier molecular flexibility index (Phi) is 8.50. The molecule has 8 aromatic carbocycles. The van der Waals surface area contributed by atoms with Crippen molar-refractivity contribution in [2.75, 3.05) is 4.90 Å². The number of hydrogen-bond donors (Lipinski definition) is 1. The number of nitrogens with zero attached hydrogens (tertiary/aromatic N) is 3. The van der Waals surface area contributed by atoms with Crippen LogP contribution in [0.3, 0.4) is 0 Å². The summed E-state index contributed by atoms with van der Waals surface area (Å²) in [6.45, 7) is 0. The first-order valence-corrected chi connectivity index (χ1v) is 18.9. The number of rotatable bonds is 8. The van der Waals surface area contributed by atoms with Crippen LogP contribution in [0.4, 0.5) is 17.1 Å². The van der Waals surface area contributed by atoms with Crippen LogP contribution >= 0.6 is 0 Å². The van der Waals surface area contributed by atoms with Crippen LogP contribution in [0.1, 0.15) is 22.9 Å². The Morgan fingerprint density at radius 1 is 0.464 bits per heavy atom. The van der Waals surface area contributed by atoms with Gasteiger partial charge in [0, 0.05) is 44.5 Å². The summed E-state index contributed by atoms with van der Waals surface area (Å²) < 4.78 is 6.78. The second kappa shape index (κ2) is 14.4. The van der Waals surface area contributed by atoms with Crippen LogP contribution in [0, 0.1) is 0 Å². The molecular weight excluding hydrogens is 685 g/mol. The maximum Gasteiger partial charge on any atom is 0.160 e. The van der Waals surface area contributed by atoms with Crippen molar-refractivity contribution in [2.24, 2.45) is 9.98 Å². The third kappa shape index (κ3) is 6.21. The quantitative estimate of drug-likeness (QED) is 0.170. The van der Waals surface area contributed by atoms with Gasteiger partial charge in [0.1, 0.15) is 23.2 Å². The number of aliphatic imine (C=N–C) groups is 2. The number of furan rings is 1. The average Bonchev–Trinajstić information content (AvgIpc) is 3.68. The zero-order chi connectivity index (χ0) is 37.3. The minimum absolute atomic E-state index is 0.311. The second-order valence-corrected chi connectivity index (χ2v) is 13.8. The minimum atomic E-state index is -0.311. The maximum absolute atomic E-state index is 6.78. The molecule has 1 unspecified atom stereocenters. The molecule has 56 heavy (non-hydrogen) atoms. The van der Waals surface area contributed by atoms with E-state index in [1.54, 1.807) is 0 Å². The van der Waals surface area contributed by atoms with Crippen molar-refractivity contribution in [1.29, 1.82) is 0 Å². The molecule has 1 aliphatic rings. The molecule has 1 aliphatic heterocycles. The lowest BCUT2D eigenvalue weighted by Crippen LogP contribution is -2.33. The normalized spacial score (nSPS) is 13.9. The number of anilines is 3. The first kappa shape index (κ1) is 33.1. The van der Waals surface area contributed by atoms with E-state index in [0.717, 1.165) is 72.7 Å². The first-order valence-electron chi connectivity index (χ1n) is 18.9.